The van der Waals surface area contributed by atoms with Crippen molar-refractivity contribution in [2.24, 2.45) is 11.7 Å². The monoisotopic (exact) mass is 184 g/mol. The number of rotatable bonds is 4. The standard InChI is InChI=1S/C10H20N2O/c11-7-10(8-1-2-8)12-9-3-5-13-6-4-9/h8-10,12H,1-7,11H2. The van der Waals surface area contributed by atoms with Crippen molar-refractivity contribution in [3.05, 3.63) is 0 Å². The van der Waals surface area contributed by atoms with E-state index in [0.29, 0.717) is 12.1 Å². The van der Waals surface area contributed by atoms with Crippen LogP contribution in [0.5, 0.6) is 0 Å². The highest BCUT2D eigenvalue weighted by Crippen LogP contribution is 2.32. The van der Waals surface area contributed by atoms with Crippen LogP contribution in [-0.2, 0) is 4.74 Å². The summed E-state index contributed by atoms with van der Waals surface area (Å²) in [7, 11) is 0. The highest BCUT2D eigenvalue weighted by Gasteiger charge is 2.31. The van der Waals surface area contributed by atoms with Gasteiger partial charge in [0.2, 0.25) is 0 Å². The van der Waals surface area contributed by atoms with E-state index in [1.807, 2.05) is 0 Å². The Morgan fingerprint density at radius 3 is 2.46 bits per heavy atom. The number of hydrogen-bond acceptors (Lipinski definition) is 3. The quantitative estimate of drug-likeness (QED) is 0.668. The molecule has 2 aliphatic rings. The van der Waals surface area contributed by atoms with Crippen LogP contribution in [-0.4, -0.2) is 31.8 Å². The van der Waals surface area contributed by atoms with Crippen LogP contribution in [0.15, 0.2) is 0 Å². The van der Waals surface area contributed by atoms with Gasteiger partial charge in [0, 0.05) is 31.8 Å². The maximum atomic E-state index is 5.74. The maximum Gasteiger partial charge on any atom is 0.0480 e. The number of nitrogens with two attached hydrogens (primary N) is 1. The van der Waals surface area contributed by atoms with Gasteiger partial charge in [-0.05, 0) is 31.6 Å². The van der Waals surface area contributed by atoms with E-state index < -0.39 is 0 Å². The first kappa shape index (κ1) is 9.44. The van der Waals surface area contributed by atoms with Crippen LogP contribution in [0, 0.1) is 5.92 Å². The van der Waals surface area contributed by atoms with E-state index in [4.69, 9.17) is 10.5 Å². The fourth-order valence-corrected chi connectivity index (χ4v) is 2.06. The third kappa shape index (κ3) is 2.66. The van der Waals surface area contributed by atoms with E-state index >= 15 is 0 Å². The summed E-state index contributed by atoms with van der Waals surface area (Å²) in [5.74, 6) is 0.868. The SMILES string of the molecule is NCC(NC1CCOCC1)C1CC1. The fourth-order valence-electron chi connectivity index (χ4n) is 2.06. The third-order valence-corrected chi connectivity index (χ3v) is 3.12. The largest absolute Gasteiger partial charge is 0.381 e. The van der Waals surface area contributed by atoms with Crippen molar-refractivity contribution in [1.82, 2.24) is 5.32 Å². The molecule has 2 fully saturated rings. The van der Waals surface area contributed by atoms with Gasteiger partial charge in [-0.1, -0.05) is 0 Å². The second-order valence-electron chi connectivity index (χ2n) is 4.23. The first-order chi connectivity index (χ1) is 6.40. The number of nitrogens with one attached hydrogen (secondary N) is 1. The summed E-state index contributed by atoms with van der Waals surface area (Å²) in [5, 5.41) is 3.66. The molecule has 1 atom stereocenters. The van der Waals surface area contributed by atoms with Gasteiger partial charge in [-0.2, -0.15) is 0 Å². The smallest absolute Gasteiger partial charge is 0.0480 e. The van der Waals surface area contributed by atoms with E-state index in [9.17, 15) is 0 Å². The lowest BCUT2D eigenvalue weighted by Crippen LogP contribution is -2.46. The molecule has 0 radical (unpaired) electrons. The average Bonchev–Trinajstić information content (AvgIpc) is 2.99. The van der Waals surface area contributed by atoms with Crippen LogP contribution in [0.3, 0.4) is 0 Å². The van der Waals surface area contributed by atoms with Crippen LogP contribution in [0.1, 0.15) is 25.7 Å². The van der Waals surface area contributed by atoms with Gasteiger partial charge in [-0.25, -0.2) is 0 Å². The van der Waals surface area contributed by atoms with Crippen LogP contribution in [0.4, 0.5) is 0 Å². The second kappa shape index (κ2) is 4.40. The number of hydrogen-bond donors (Lipinski definition) is 2. The van der Waals surface area contributed by atoms with E-state index in [1.54, 1.807) is 0 Å². The van der Waals surface area contributed by atoms with Crippen LogP contribution in [0.25, 0.3) is 0 Å². The Morgan fingerprint density at radius 2 is 1.92 bits per heavy atom. The Kier molecular flexibility index (Phi) is 3.19. The van der Waals surface area contributed by atoms with E-state index in [1.165, 1.54) is 12.8 Å². The molecule has 0 bridgehead atoms. The summed E-state index contributed by atoms with van der Waals surface area (Å²) in [6.45, 7) is 2.63. The molecule has 3 nitrogen and oxygen atoms in total. The van der Waals surface area contributed by atoms with Gasteiger partial charge in [-0.15, -0.1) is 0 Å². The van der Waals surface area contributed by atoms with Crippen LogP contribution < -0.4 is 11.1 Å². The van der Waals surface area contributed by atoms with Gasteiger partial charge >= 0.3 is 0 Å². The first-order valence-corrected chi connectivity index (χ1v) is 5.44. The predicted octanol–water partition coefficient (Wildman–Crippen LogP) is 0.492. The lowest BCUT2D eigenvalue weighted by atomic mass is 10.1. The summed E-state index contributed by atoms with van der Waals surface area (Å²) < 4.78 is 5.32. The predicted molar refractivity (Wildman–Crippen MR) is 52.5 cm³/mol. The van der Waals surface area contributed by atoms with Crippen molar-refractivity contribution in [3.63, 3.8) is 0 Å². The lowest BCUT2D eigenvalue weighted by molar-refractivity contribution is 0.0743. The average molecular weight is 184 g/mol. The zero-order valence-corrected chi connectivity index (χ0v) is 8.17. The van der Waals surface area contributed by atoms with Crippen molar-refractivity contribution < 1.29 is 4.74 Å². The molecule has 0 aromatic carbocycles. The molecule has 0 aromatic rings. The van der Waals surface area contributed by atoms with Crippen molar-refractivity contribution >= 4 is 0 Å². The molecule has 1 aliphatic carbocycles. The third-order valence-electron chi connectivity index (χ3n) is 3.12. The Morgan fingerprint density at radius 1 is 1.23 bits per heavy atom. The molecule has 0 spiro atoms. The first-order valence-electron chi connectivity index (χ1n) is 5.44. The van der Waals surface area contributed by atoms with Crippen molar-refractivity contribution in [1.29, 1.82) is 0 Å². The molecule has 3 N–H and O–H groups in total. The summed E-state index contributed by atoms with van der Waals surface area (Å²) in [6, 6.07) is 1.23. The van der Waals surface area contributed by atoms with Crippen molar-refractivity contribution in [2.45, 2.75) is 37.8 Å². The Labute approximate surface area is 80.0 Å². The summed E-state index contributed by atoms with van der Waals surface area (Å²) in [6.07, 6.45) is 5.06. The molecule has 3 heteroatoms. The highest BCUT2D eigenvalue weighted by molar-refractivity contribution is 4.89. The zero-order valence-electron chi connectivity index (χ0n) is 8.17. The van der Waals surface area contributed by atoms with E-state index in [0.717, 1.165) is 38.5 Å². The zero-order chi connectivity index (χ0) is 9.10. The molecule has 76 valence electrons. The van der Waals surface area contributed by atoms with Gasteiger partial charge in [0.25, 0.3) is 0 Å². The van der Waals surface area contributed by atoms with Gasteiger partial charge in [-0.3, -0.25) is 0 Å². The minimum absolute atomic E-state index is 0.572. The molecule has 1 aliphatic heterocycles. The van der Waals surface area contributed by atoms with E-state index in [2.05, 4.69) is 5.32 Å². The fraction of sp³-hybridized carbons (Fsp3) is 1.00. The van der Waals surface area contributed by atoms with Gasteiger partial charge < -0.3 is 15.8 Å². The minimum Gasteiger partial charge on any atom is -0.381 e. The van der Waals surface area contributed by atoms with E-state index in [-0.39, 0.29) is 0 Å². The highest BCUT2D eigenvalue weighted by atomic mass is 16.5. The summed E-state index contributed by atoms with van der Waals surface area (Å²) in [4.78, 5) is 0. The van der Waals surface area contributed by atoms with Crippen LogP contribution in [0.2, 0.25) is 0 Å². The Bertz CT molecular complexity index is 153. The molecule has 1 heterocycles. The second-order valence-corrected chi connectivity index (χ2v) is 4.23. The van der Waals surface area contributed by atoms with Crippen LogP contribution >= 0.6 is 0 Å². The molecule has 0 aromatic heterocycles. The Hall–Kier alpha value is -0.120. The minimum atomic E-state index is 0.572. The topological polar surface area (TPSA) is 47.3 Å². The molecule has 0 amide bonds. The maximum absolute atomic E-state index is 5.74. The van der Waals surface area contributed by atoms with Crippen molar-refractivity contribution in [2.75, 3.05) is 19.8 Å². The summed E-state index contributed by atoms with van der Waals surface area (Å²) in [5.41, 5.74) is 5.74. The molecule has 1 saturated heterocycles. The molecule has 1 unspecified atom stereocenters. The molecule has 2 rings (SSSR count). The lowest BCUT2D eigenvalue weighted by Gasteiger charge is -2.27. The molecular formula is C10H20N2O. The van der Waals surface area contributed by atoms with Gasteiger partial charge in [0.05, 0.1) is 0 Å². The molecule has 13 heavy (non-hydrogen) atoms. The Balaban J connectivity index is 1.73. The normalized spacial score (nSPS) is 27.5. The molecular weight excluding hydrogens is 164 g/mol. The van der Waals surface area contributed by atoms with Gasteiger partial charge in [0.1, 0.15) is 0 Å². The summed E-state index contributed by atoms with van der Waals surface area (Å²) >= 11 is 0. The van der Waals surface area contributed by atoms with Crippen molar-refractivity contribution in [3.8, 4) is 0 Å². The van der Waals surface area contributed by atoms with Gasteiger partial charge in [0.15, 0.2) is 0 Å². The number of ether oxygens (including phenoxy) is 1. The molecule has 1 saturated carbocycles.